The molecule has 0 aliphatic rings. The molecule has 2 aromatic heterocycles. The first-order chi connectivity index (χ1) is 8.54. The minimum atomic E-state index is -0.526. The normalized spacial score (nSPS) is 11.3. The molecular weight excluding hydrogens is 364 g/mol. The van der Waals surface area contributed by atoms with Crippen LogP contribution in [0.1, 0.15) is 0 Å². The lowest BCUT2D eigenvalue weighted by molar-refractivity contribution is 0.628. The maximum atomic E-state index is 13.4. The average Bonchev–Trinajstić information content (AvgIpc) is 2.80. The molecule has 2 heterocycles. The fourth-order valence-electron chi connectivity index (χ4n) is 1.52. The Bertz CT molecular complexity index is 723. The summed E-state index contributed by atoms with van der Waals surface area (Å²) in [5, 5.41) is 4.50. The Labute approximate surface area is 123 Å². The Morgan fingerprint density at radius 2 is 2.06 bits per heavy atom. The zero-order valence-electron chi connectivity index (χ0n) is 8.49. The van der Waals surface area contributed by atoms with E-state index in [4.69, 9.17) is 23.2 Å². The van der Waals surface area contributed by atoms with Crippen molar-refractivity contribution in [2.75, 3.05) is 0 Å². The SMILES string of the molecule is Fc1cc(-c2cn3nc(Br)sc3n2)c(Cl)cc1Cl. The van der Waals surface area contributed by atoms with Gasteiger partial charge < -0.3 is 0 Å². The van der Waals surface area contributed by atoms with Crippen molar-refractivity contribution in [1.29, 1.82) is 0 Å². The summed E-state index contributed by atoms with van der Waals surface area (Å²) >= 11 is 16.3. The molecule has 3 rings (SSSR count). The second kappa shape index (κ2) is 4.45. The molecule has 1 aromatic carbocycles. The molecule has 0 saturated carbocycles. The van der Waals surface area contributed by atoms with Gasteiger partial charge in [-0.15, -0.1) is 5.10 Å². The Balaban J connectivity index is 2.19. The van der Waals surface area contributed by atoms with Crippen molar-refractivity contribution < 1.29 is 4.39 Å². The van der Waals surface area contributed by atoms with Gasteiger partial charge >= 0.3 is 0 Å². The van der Waals surface area contributed by atoms with E-state index in [1.54, 1.807) is 10.7 Å². The summed E-state index contributed by atoms with van der Waals surface area (Å²) in [5.74, 6) is -0.526. The third-order valence-electron chi connectivity index (χ3n) is 2.30. The molecule has 0 atom stereocenters. The van der Waals surface area contributed by atoms with E-state index in [1.165, 1.54) is 23.5 Å². The van der Waals surface area contributed by atoms with Gasteiger partial charge in [0, 0.05) is 5.56 Å². The lowest BCUT2D eigenvalue weighted by Crippen LogP contribution is -1.84. The van der Waals surface area contributed by atoms with Crippen LogP contribution in [0.25, 0.3) is 16.2 Å². The summed E-state index contributed by atoms with van der Waals surface area (Å²) < 4.78 is 15.8. The third kappa shape index (κ3) is 2.03. The maximum absolute atomic E-state index is 13.4. The molecule has 0 bridgehead atoms. The van der Waals surface area contributed by atoms with E-state index in [9.17, 15) is 4.39 Å². The molecule has 0 radical (unpaired) electrons. The van der Waals surface area contributed by atoms with Crippen molar-refractivity contribution in [3.05, 3.63) is 38.1 Å². The van der Waals surface area contributed by atoms with E-state index in [0.717, 1.165) is 3.92 Å². The quantitative estimate of drug-likeness (QED) is 0.586. The number of hydrogen-bond acceptors (Lipinski definition) is 3. The predicted octanol–water partition coefficient (Wildman–Crippen LogP) is 4.67. The van der Waals surface area contributed by atoms with Crippen LogP contribution in [-0.2, 0) is 0 Å². The zero-order valence-corrected chi connectivity index (χ0v) is 12.4. The highest BCUT2D eigenvalue weighted by molar-refractivity contribution is 9.11. The number of benzene rings is 1. The Kier molecular flexibility index (Phi) is 3.05. The number of halogens is 4. The van der Waals surface area contributed by atoms with E-state index in [2.05, 4.69) is 26.0 Å². The van der Waals surface area contributed by atoms with Gasteiger partial charge in [0.25, 0.3) is 0 Å². The van der Waals surface area contributed by atoms with Crippen LogP contribution in [-0.4, -0.2) is 14.6 Å². The first kappa shape index (κ1) is 12.3. The third-order valence-corrected chi connectivity index (χ3v) is 4.26. The van der Waals surface area contributed by atoms with E-state index in [0.29, 0.717) is 21.2 Å². The van der Waals surface area contributed by atoms with Crippen LogP contribution in [0, 0.1) is 5.82 Å². The number of imidazole rings is 1. The summed E-state index contributed by atoms with van der Waals surface area (Å²) in [6, 6.07) is 2.64. The van der Waals surface area contributed by atoms with Crippen molar-refractivity contribution in [3.8, 4) is 11.3 Å². The van der Waals surface area contributed by atoms with Crippen LogP contribution in [0.15, 0.2) is 22.2 Å². The van der Waals surface area contributed by atoms with Gasteiger partial charge in [0.05, 0.1) is 21.9 Å². The van der Waals surface area contributed by atoms with Gasteiger partial charge in [-0.2, -0.15) is 0 Å². The molecule has 0 aliphatic carbocycles. The van der Waals surface area contributed by atoms with Gasteiger partial charge in [-0.1, -0.05) is 34.5 Å². The van der Waals surface area contributed by atoms with Crippen molar-refractivity contribution in [3.63, 3.8) is 0 Å². The number of nitrogens with zero attached hydrogens (tertiary/aromatic N) is 3. The largest absolute Gasteiger partial charge is 0.217 e. The summed E-state index contributed by atoms with van der Waals surface area (Å²) in [7, 11) is 0. The fraction of sp³-hybridized carbons (Fsp3) is 0. The van der Waals surface area contributed by atoms with Crippen molar-refractivity contribution in [2.24, 2.45) is 0 Å². The van der Waals surface area contributed by atoms with Gasteiger partial charge in [0.15, 0.2) is 3.92 Å². The number of aromatic nitrogens is 3. The molecule has 0 fully saturated rings. The first-order valence-corrected chi connectivity index (χ1v) is 7.08. The molecule has 3 nitrogen and oxygen atoms in total. The lowest BCUT2D eigenvalue weighted by atomic mass is 10.1. The summed E-state index contributed by atoms with van der Waals surface area (Å²) in [4.78, 5) is 5.03. The van der Waals surface area contributed by atoms with E-state index in [-0.39, 0.29) is 5.02 Å². The number of hydrogen-bond donors (Lipinski definition) is 0. The fourth-order valence-corrected chi connectivity index (χ4v) is 3.22. The Morgan fingerprint density at radius 3 is 2.78 bits per heavy atom. The number of fused-ring (bicyclic) bond motifs is 1. The smallest absolute Gasteiger partial charge is 0.213 e. The molecule has 0 saturated heterocycles. The second-order valence-corrected chi connectivity index (χ2v) is 6.50. The molecule has 8 heteroatoms. The van der Waals surface area contributed by atoms with Crippen LogP contribution < -0.4 is 0 Å². The van der Waals surface area contributed by atoms with Gasteiger partial charge in [-0.25, -0.2) is 13.9 Å². The van der Waals surface area contributed by atoms with Crippen LogP contribution in [0.5, 0.6) is 0 Å². The van der Waals surface area contributed by atoms with Crippen LogP contribution >= 0.6 is 50.5 Å². The first-order valence-electron chi connectivity index (χ1n) is 4.71. The molecule has 92 valence electrons. The Morgan fingerprint density at radius 1 is 1.28 bits per heavy atom. The molecule has 0 N–H and O–H groups in total. The van der Waals surface area contributed by atoms with E-state index >= 15 is 0 Å². The zero-order chi connectivity index (χ0) is 12.9. The highest BCUT2D eigenvalue weighted by Gasteiger charge is 2.14. The van der Waals surface area contributed by atoms with Gasteiger partial charge in [-0.05, 0) is 28.1 Å². The lowest BCUT2D eigenvalue weighted by Gasteiger charge is -2.02. The molecule has 18 heavy (non-hydrogen) atoms. The molecule has 0 unspecified atom stereocenters. The van der Waals surface area contributed by atoms with Crippen LogP contribution in [0.2, 0.25) is 10.0 Å². The van der Waals surface area contributed by atoms with Gasteiger partial charge in [0.1, 0.15) is 5.82 Å². The van der Waals surface area contributed by atoms with E-state index < -0.39 is 5.82 Å². The maximum Gasteiger partial charge on any atom is 0.213 e. The summed E-state index contributed by atoms with van der Waals surface area (Å²) in [6.07, 6.45) is 1.69. The summed E-state index contributed by atoms with van der Waals surface area (Å²) in [5.41, 5.74) is 1.05. The molecular formula is C10H3BrCl2FN3S. The van der Waals surface area contributed by atoms with Gasteiger partial charge in [0.2, 0.25) is 4.96 Å². The average molecular weight is 367 g/mol. The van der Waals surface area contributed by atoms with Crippen molar-refractivity contribution in [1.82, 2.24) is 14.6 Å². The minimum absolute atomic E-state index is 0.00867. The predicted molar refractivity (Wildman–Crippen MR) is 74.0 cm³/mol. The molecule has 3 aromatic rings. The van der Waals surface area contributed by atoms with Crippen molar-refractivity contribution >= 4 is 55.4 Å². The molecule has 0 amide bonds. The van der Waals surface area contributed by atoms with Gasteiger partial charge in [-0.3, -0.25) is 0 Å². The van der Waals surface area contributed by atoms with Crippen LogP contribution in [0.3, 0.4) is 0 Å². The Hall–Kier alpha value is -0.690. The monoisotopic (exact) mass is 365 g/mol. The standard InChI is InChI=1S/C10H3BrCl2FN3S/c11-9-16-17-3-8(15-10(17)18-9)4-1-7(14)6(13)2-5(4)12/h1-3H. The van der Waals surface area contributed by atoms with Crippen LogP contribution in [0.4, 0.5) is 4.39 Å². The highest BCUT2D eigenvalue weighted by Crippen LogP contribution is 2.32. The second-order valence-electron chi connectivity index (χ2n) is 3.45. The molecule has 0 aliphatic heterocycles. The number of rotatable bonds is 1. The minimum Gasteiger partial charge on any atom is -0.217 e. The topological polar surface area (TPSA) is 30.2 Å². The van der Waals surface area contributed by atoms with E-state index in [1.807, 2.05) is 0 Å². The molecule has 0 spiro atoms. The van der Waals surface area contributed by atoms with Crippen molar-refractivity contribution in [2.45, 2.75) is 0 Å². The highest BCUT2D eigenvalue weighted by atomic mass is 79.9. The summed E-state index contributed by atoms with van der Waals surface area (Å²) in [6.45, 7) is 0.